The summed E-state index contributed by atoms with van der Waals surface area (Å²) < 4.78 is 5.94. The minimum Gasteiger partial charge on any atom is -0.488 e. The summed E-state index contributed by atoms with van der Waals surface area (Å²) in [7, 11) is 0. The van der Waals surface area contributed by atoms with Crippen LogP contribution in [0.3, 0.4) is 0 Å². The van der Waals surface area contributed by atoms with Crippen LogP contribution in [0.4, 0.5) is 10.8 Å². The van der Waals surface area contributed by atoms with E-state index in [1.165, 1.54) is 23.1 Å². The maximum atomic E-state index is 12.7. The van der Waals surface area contributed by atoms with Crippen LogP contribution in [0.5, 0.6) is 5.75 Å². The number of nitrogens with one attached hydrogen (secondary N) is 2. The molecule has 0 fully saturated rings. The molecule has 6 nitrogen and oxygen atoms in total. The largest absolute Gasteiger partial charge is 0.488 e. The van der Waals surface area contributed by atoms with Crippen LogP contribution in [-0.4, -0.2) is 17.1 Å². The summed E-state index contributed by atoms with van der Waals surface area (Å²) in [4.78, 5) is 17.4. The standard InChI is InChI=1S/C31H23Cl3N4O2S/c1-19-2-11-26(12-3-19)36-31-37-28(18-41-31)20-4-6-21(7-5-20)30(39)38-35-16-23-14-24(32)10-13-29(23)40-17-22-8-9-25(33)15-27(22)34/h2-16,18H,17H2,1H3,(H,36,37)(H,38,39)/b35-16-. The Kier molecular flexibility index (Phi) is 9.21. The minimum absolute atomic E-state index is 0.222. The number of amides is 1. The second-order valence-electron chi connectivity index (χ2n) is 9.01. The lowest BCUT2D eigenvalue weighted by Gasteiger charge is -2.11. The molecule has 206 valence electrons. The van der Waals surface area contributed by atoms with Gasteiger partial charge in [-0.3, -0.25) is 4.79 Å². The minimum atomic E-state index is -0.356. The van der Waals surface area contributed by atoms with Crippen molar-refractivity contribution in [2.24, 2.45) is 5.10 Å². The number of aryl methyl sites for hydroxylation is 1. The van der Waals surface area contributed by atoms with Gasteiger partial charge in [0.25, 0.3) is 5.91 Å². The average molecular weight is 622 g/mol. The van der Waals surface area contributed by atoms with Crippen molar-refractivity contribution in [1.82, 2.24) is 10.4 Å². The fourth-order valence-electron chi connectivity index (χ4n) is 3.79. The third kappa shape index (κ3) is 7.65. The summed E-state index contributed by atoms with van der Waals surface area (Å²) in [5.74, 6) is 0.174. The summed E-state index contributed by atoms with van der Waals surface area (Å²) in [5, 5.41) is 11.7. The van der Waals surface area contributed by atoms with E-state index in [0.29, 0.717) is 31.9 Å². The summed E-state index contributed by atoms with van der Waals surface area (Å²) in [5.41, 5.74) is 8.28. The van der Waals surface area contributed by atoms with Crippen molar-refractivity contribution < 1.29 is 9.53 Å². The Balaban J connectivity index is 1.20. The van der Waals surface area contributed by atoms with Gasteiger partial charge in [-0.25, -0.2) is 10.4 Å². The van der Waals surface area contributed by atoms with E-state index in [1.807, 2.05) is 48.7 Å². The molecule has 0 saturated carbocycles. The van der Waals surface area contributed by atoms with Crippen molar-refractivity contribution in [3.8, 4) is 17.0 Å². The van der Waals surface area contributed by atoms with Gasteiger partial charge in [0, 0.05) is 48.4 Å². The molecular formula is C31H23Cl3N4O2S. The number of benzene rings is 4. The lowest BCUT2D eigenvalue weighted by molar-refractivity contribution is 0.0955. The molecule has 5 aromatic rings. The maximum absolute atomic E-state index is 12.7. The Morgan fingerprint density at radius 2 is 1.68 bits per heavy atom. The van der Waals surface area contributed by atoms with E-state index < -0.39 is 0 Å². The molecule has 0 aliphatic rings. The topological polar surface area (TPSA) is 75.6 Å². The number of hydrogen-bond donors (Lipinski definition) is 2. The molecule has 4 aromatic carbocycles. The van der Waals surface area contributed by atoms with E-state index in [2.05, 4.69) is 20.8 Å². The Morgan fingerprint density at radius 1 is 0.951 bits per heavy atom. The van der Waals surface area contributed by atoms with Gasteiger partial charge in [0.1, 0.15) is 12.4 Å². The van der Waals surface area contributed by atoms with Crippen LogP contribution in [0.25, 0.3) is 11.3 Å². The predicted molar refractivity (Wildman–Crippen MR) is 169 cm³/mol. The third-order valence-corrected chi connectivity index (χ3v) is 7.57. The highest BCUT2D eigenvalue weighted by Gasteiger charge is 2.10. The smallest absolute Gasteiger partial charge is 0.271 e. The van der Waals surface area contributed by atoms with Gasteiger partial charge in [-0.05, 0) is 61.5 Å². The first kappa shape index (κ1) is 28.6. The van der Waals surface area contributed by atoms with Crippen LogP contribution in [0.2, 0.25) is 15.1 Å². The van der Waals surface area contributed by atoms with Crippen molar-refractivity contribution in [2.45, 2.75) is 13.5 Å². The predicted octanol–water partition coefficient (Wildman–Crippen LogP) is 9.17. The molecule has 1 heterocycles. The maximum Gasteiger partial charge on any atom is 0.271 e. The molecule has 0 atom stereocenters. The molecule has 0 saturated heterocycles. The number of hydrazone groups is 1. The Labute approximate surface area is 256 Å². The van der Waals surface area contributed by atoms with Crippen LogP contribution in [0, 0.1) is 6.92 Å². The Morgan fingerprint density at radius 3 is 2.44 bits per heavy atom. The van der Waals surface area contributed by atoms with E-state index in [-0.39, 0.29) is 12.5 Å². The van der Waals surface area contributed by atoms with E-state index >= 15 is 0 Å². The number of nitrogens with zero attached hydrogens (tertiary/aromatic N) is 2. The van der Waals surface area contributed by atoms with Gasteiger partial charge in [-0.15, -0.1) is 11.3 Å². The zero-order valence-electron chi connectivity index (χ0n) is 21.7. The van der Waals surface area contributed by atoms with Gasteiger partial charge >= 0.3 is 0 Å². The fraction of sp³-hybridized carbons (Fsp3) is 0.0645. The summed E-state index contributed by atoms with van der Waals surface area (Å²) >= 11 is 19.9. The first-order valence-electron chi connectivity index (χ1n) is 12.4. The molecule has 10 heteroatoms. The number of ether oxygens (including phenoxy) is 1. The average Bonchev–Trinajstić information content (AvgIpc) is 3.43. The Bertz CT molecular complexity index is 1700. The first-order valence-corrected chi connectivity index (χ1v) is 14.4. The van der Waals surface area contributed by atoms with E-state index in [0.717, 1.165) is 27.6 Å². The Hall–Kier alpha value is -3.88. The van der Waals surface area contributed by atoms with Gasteiger partial charge in [0.2, 0.25) is 0 Å². The second kappa shape index (κ2) is 13.2. The lowest BCUT2D eigenvalue weighted by Crippen LogP contribution is -2.17. The third-order valence-electron chi connectivity index (χ3n) is 5.99. The highest BCUT2D eigenvalue weighted by molar-refractivity contribution is 7.14. The zero-order valence-corrected chi connectivity index (χ0v) is 24.8. The van der Waals surface area contributed by atoms with Crippen molar-refractivity contribution >= 4 is 69.1 Å². The van der Waals surface area contributed by atoms with E-state index in [1.54, 1.807) is 48.5 Å². The van der Waals surface area contributed by atoms with E-state index in [9.17, 15) is 4.79 Å². The lowest BCUT2D eigenvalue weighted by atomic mass is 10.1. The van der Waals surface area contributed by atoms with Gasteiger partial charge < -0.3 is 10.1 Å². The molecule has 2 N–H and O–H groups in total. The number of carbonyl (C=O) groups is 1. The number of hydrogen-bond acceptors (Lipinski definition) is 6. The molecule has 1 amide bonds. The monoisotopic (exact) mass is 620 g/mol. The van der Waals surface area contributed by atoms with Crippen molar-refractivity contribution in [3.05, 3.63) is 128 Å². The van der Waals surface area contributed by atoms with Crippen molar-refractivity contribution in [2.75, 3.05) is 5.32 Å². The number of rotatable bonds is 9. The summed E-state index contributed by atoms with van der Waals surface area (Å²) in [6.45, 7) is 2.27. The van der Waals surface area contributed by atoms with Crippen LogP contribution in [0.1, 0.15) is 27.0 Å². The van der Waals surface area contributed by atoms with Gasteiger partial charge in [0.05, 0.1) is 11.9 Å². The molecule has 0 bridgehead atoms. The molecule has 0 aliphatic carbocycles. The molecule has 1 aromatic heterocycles. The number of aromatic nitrogens is 1. The normalized spacial score (nSPS) is 11.0. The summed E-state index contributed by atoms with van der Waals surface area (Å²) in [6, 6.07) is 25.6. The molecule has 0 radical (unpaired) electrons. The van der Waals surface area contributed by atoms with Crippen molar-refractivity contribution in [3.63, 3.8) is 0 Å². The SMILES string of the molecule is Cc1ccc(Nc2nc(-c3ccc(C(=O)N/N=C\c4cc(Cl)ccc4OCc4ccc(Cl)cc4Cl)cc3)cs2)cc1. The molecule has 5 rings (SSSR count). The van der Waals surface area contributed by atoms with Gasteiger partial charge in [0.15, 0.2) is 5.13 Å². The molecule has 0 aliphatic heterocycles. The first-order chi connectivity index (χ1) is 19.8. The number of anilines is 2. The van der Waals surface area contributed by atoms with Gasteiger partial charge in [-0.2, -0.15) is 5.10 Å². The zero-order chi connectivity index (χ0) is 28.8. The van der Waals surface area contributed by atoms with Crippen LogP contribution in [0.15, 0.2) is 95.4 Å². The number of carbonyl (C=O) groups excluding carboxylic acids is 1. The van der Waals surface area contributed by atoms with Crippen LogP contribution in [-0.2, 0) is 6.61 Å². The van der Waals surface area contributed by atoms with Crippen LogP contribution >= 0.6 is 46.1 Å². The highest BCUT2D eigenvalue weighted by Crippen LogP contribution is 2.28. The quantitative estimate of drug-likeness (QED) is 0.127. The number of thiazole rings is 1. The molecular weight excluding hydrogens is 599 g/mol. The fourth-order valence-corrected chi connectivity index (χ4v) is 5.17. The molecule has 0 unspecified atom stereocenters. The second-order valence-corrected chi connectivity index (χ2v) is 11.2. The van der Waals surface area contributed by atoms with Crippen LogP contribution < -0.4 is 15.5 Å². The van der Waals surface area contributed by atoms with Gasteiger partial charge in [-0.1, -0.05) is 70.7 Å². The van der Waals surface area contributed by atoms with E-state index in [4.69, 9.17) is 39.5 Å². The highest BCUT2D eigenvalue weighted by atomic mass is 35.5. The van der Waals surface area contributed by atoms with Crippen molar-refractivity contribution in [1.29, 1.82) is 0 Å². The molecule has 41 heavy (non-hydrogen) atoms. The molecule has 0 spiro atoms. The summed E-state index contributed by atoms with van der Waals surface area (Å²) in [6.07, 6.45) is 1.48. The number of halogens is 3.